The summed E-state index contributed by atoms with van der Waals surface area (Å²) in [6.07, 6.45) is 1.47. The fourth-order valence-electron chi connectivity index (χ4n) is 2.90. The zero-order chi connectivity index (χ0) is 22.1. The van der Waals surface area contributed by atoms with Crippen LogP contribution in [0.5, 0.6) is 5.75 Å². The van der Waals surface area contributed by atoms with Gasteiger partial charge in [-0.3, -0.25) is 4.79 Å². The van der Waals surface area contributed by atoms with Crippen LogP contribution in [-0.2, 0) is 25.6 Å². The lowest BCUT2D eigenvalue weighted by molar-refractivity contribution is -0.142. The fraction of sp³-hybridized carbons (Fsp3) is 0.318. The zero-order valence-corrected chi connectivity index (χ0v) is 17.5. The molecule has 1 amide bonds. The lowest BCUT2D eigenvalue weighted by atomic mass is 10.1. The molecule has 0 radical (unpaired) electrons. The van der Waals surface area contributed by atoms with Crippen LogP contribution in [-0.4, -0.2) is 43.9 Å². The molecule has 30 heavy (non-hydrogen) atoms. The molecule has 0 bridgehead atoms. The summed E-state index contributed by atoms with van der Waals surface area (Å²) in [5, 5.41) is 12.0. The number of benzene rings is 1. The lowest BCUT2D eigenvalue weighted by Gasteiger charge is -2.08. The van der Waals surface area contributed by atoms with Gasteiger partial charge >= 0.3 is 5.97 Å². The minimum absolute atomic E-state index is 0.184. The van der Waals surface area contributed by atoms with Crippen molar-refractivity contribution in [1.82, 2.24) is 4.57 Å². The van der Waals surface area contributed by atoms with Crippen LogP contribution in [0.3, 0.4) is 0 Å². The number of nitriles is 1. The number of anilines is 1. The molecule has 1 aromatic carbocycles. The molecule has 2 aromatic rings. The summed E-state index contributed by atoms with van der Waals surface area (Å²) in [5.41, 5.74) is 2.95. The quantitative estimate of drug-likeness (QED) is 0.387. The number of esters is 1. The topological polar surface area (TPSA) is 103 Å². The smallest absolute Gasteiger partial charge is 0.349 e. The predicted molar refractivity (Wildman–Crippen MR) is 112 cm³/mol. The first-order chi connectivity index (χ1) is 14.4. The summed E-state index contributed by atoms with van der Waals surface area (Å²) in [5.74, 6) is -0.797. The maximum absolute atomic E-state index is 12.3. The number of methoxy groups -OCH3 is 2. The van der Waals surface area contributed by atoms with Gasteiger partial charge in [-0.2, -0.15) is 5.26 Å². The number of carbonyl (C=O) groups excluding carboxylic acids is 2. The summed E-state index contributed by atoms with van der Waals surface area (Å²) in [6, 6.07) is 10.5. The highest BCUT2D eigenvalue weighted by Gasteiger charge is 2.15. The molecule has 0 atom stereocenters. The third-order valence-electron chi connectivity index (χ3n) is 4.46. The van der Waals surface area contributed by atoms with Crippen molar-refractivity contribution in [3.63, 3.8) is 0 Å². The van der Waals surface area contributed by atoms with E-state index in [4.69, 9.17) is 14.2 Å². The molecular weight excluding hydrogens is 386 g/mol. The number of carbonyl (C=O) groups is 2. The second-order valence-electron chi connectivity index (χ2n) is 6.50. The Morgan fingerprint density at radius 1 is 1.23 bits per heavy atom. The fourth-order valence-corrected chi connectivity index (χ4v) is 2.90. The SMILES string of the molecule is COCCn1c(C)cc(C=C(C#N)C(=O)OCC(=O)Nc2cccc(OC)c2)c1C. The molecule has 0 aliphatic carbocycles. The first-order valence-corrected chi connectivity index (χ1v) is 9.28. The zero-order valence-electron chi connectivity index (χ0n) is 17.5. The van der Waals surface area contributed by atoms with Gasteiger partial charge in [0.1, 0.15) is 17.4 Å². The Morgan fingerprint density at radius 2 is 2.00 bits per heavy atom. The number of rotatable bonds is 9. The van der Waals surface area contributed by atoms with E-state index in [1.807, 2.05) is 30.6 Å². The normalized spacial score (nSPS) is 11.0. The molecular formula is C22H25N3O5. The lowest BCUT2D eigenvalue weighted by Crippen LogP contribution is -2.21. The van der Waals surface area contributed by atoms with Crippen molar-refractivity contribution in [3.05, 3.63) is 52.9 Å². The van der Waals surface area contributed by atoms with E-state index in [1.165, 1.54) is 13.2 Å². The minimum Gasteiger partial charge on any atom is -0.497 e. The molecule has 0 spiro atoms. The van der Waals surface area contributed by atoms with Crippen LogP contribution in [0.4, 0.5) is 5.69 Å². The van der Waals surface area contributed by atoms with E-state index in [0.29, 0.717) is 24.6 Å². The number of hydrogen-bond donors (Lipinski definition) is 1. The van der Waals surface area contributed by atoms with Gasteiger partial charge in [0.15, 0.2) is 6.61 Å². The molecule has 158 valence electrons. The number of hydrogen-bond acceptors (Lipinski definition) is 6. The first kappa shape index (κ1) is 22.7. The van der Waals surface area contributed by atoms with Crippen LogP contribution in [0.15, 0.2) is 35.9 Å². The van der Waals surface area contributed by atoms with Crippen molar-refractivity contribution in [2.45, 2.75) is 20.4 Å². The summed E-state index contributed by atoms with van der Waals surface area (Å²) in [7, 11) is 3.15. The first-order valence-electron chi connectivity index (χ1n) is 9.28. The van der Waals surface area contributed by atoms with Gasteiger partial charge < -0.3 is 24.1 Å². The average Bonchev–Trinajstić information content (AvgIpc) is 3.01. The van der Waals surface area contributed by atoms with Crippen molar-refractivity contribution in [3.8, 4) is 11.8 Å². The Hall–Kier alpha value is -3.57. The van der Waals surface area contributed by atoms with Crippen molar-refractivity contribution < 1.29 is 23.8 Å². The molecule has 0 aliphatic heterocycles. The molecule has 0 aliphatic rings. The van der Waals surface area contributed by atoms with Crippen LogP contribution in [0.25, 0.3) is 6.08 Å². The number of aromatic nitrogens is 1. The van der Waals surface area contributed by atoms with Crippen LogP contribution in [0.1, 0.15) is 17.0 Å². The standard InChI is InChI=1S/C22H25N3O5/c1-15-10-17(16(2)25(15)8-9-28-3)11-18(13-23)22(27)30-14-21(26)24-19-6-5-7-20(12-19)29-4/h5-7,10-12H,8-9,14H2,1-4H3,(H,24,26). The summed E-state index contributed by atoms with van der Waals surface area (Å²) in [6.45, 7) is 4.54. The van der Waals surface area contributed by atoms with Gasteiger partial charge in [0.25, 0.3) is 5.91 Å². The van der Waals surface area contributed by atoms with Crippen molar-refractivity contribution in [2.24, 2.45) is 0 Å². The Morgan fingerprint density at radius 3 is 2.67 bits per heavy atom. The second kappa shape index (κ2) is 10.8. The number of amides is 1. The van der Waals surface area contributed by atoms with Gasteiger partial charge in [-0.1, -0.05) is 6.07 Å². The molecule has 0 saturated heterocycles. The van der Waals surface area contributed by atoms with Crippen LogP contribution in [0, 0.1) is 25.2 Å². The van der Waals surface area contributed by atoms with Gasteiger partial charge in [-0.15, -0.1) is 0 Å². The Balaban J connectivity index is 2.02. The van der Waals surface area contributed by atoms with E-state index < -0.39 is 18.5 Å². The van der Waals surface area contributed by atoms with Crippen molar-refractivity contribution in [2.75, 3.05) is 32.8 Å². The van der Waals surface area contributed by atoms with E-state index in [2.05, 4.69) is 5.32 Å². The van der Waals surface area contributed by atoms with E-state index in [1.54, 1.807) is 31.4 Å². The van der Waals surface area contributed by atoms with E-state index >= 15 is 0 Å². The van der Waals surface area contributed by atoms with Gasteiger partial charge in [-0.25, -0.2) is 4.79 Å². The van der Waals surface area contributed by atoms with Gasteiger partial charge in [0.05, 0.1) is 13.7 Å². The maximum atomic E-state index is 12.3. The van der Waals surface area contributed by atoms with Gasteiger partial charge in [-0.05, 0) is 43.7 Å². The Bertz CT molecular complexity index is 985. The van der Waals surface area contributed by atoms with E-state index in [0.717, 1.165) is 17.0 Å². The molecule has 0 unspecified atom stereocenters. The molecule has 8 nitrogen and oxygen atoms in total. The highest BCUT2D eigenvalue weighted by atomic mass is 16.5. The molecule has 1 heterocycles. The molecule has 1 N–H and O–H groups in total. The minimum atomic E-state index is -0.861. The predicted octanol–water partition coefficient (Wildman–Crippen LogP) is 2.85. The highest BCUT2D eigenvalue weighted by molar-refractivity contribution is 6.00. The van der Waals surface area contributed by atoms with Crippen LogP contribution >= 0.6 is 0 Å². The number of nitrogens with zero attached hydrogens (tertiary/aromatic N) is 2. The monoisotopic (exact) mass is 411 g/mol. The summed E-state index contributed by atoms with van der Waals surface area (Å²) < 4.78 is 17.2. The number of ether oxygens (including phenoxy) is 3. The highest BCUT2D eigenvalue weighted by Crippen LogP contribution is 2.19. The third kappa shape index (κ3) is 5.96. The summed E-state index contributed by atoms with van der Waals surface area (Å²) >= 11 is 0. The Kier molecular flexibility index (Phi) is 8.20. The van der Waals surface area contributed by atoms with Crippen molar-refractivity contribution in [1.29, 1.82) is 5.26 Å². The average molecular weight is 411 g/mol. The summed E-state index contributed by atoms with van der Waals surface area (Å²) in [4.78, 5) is 24.3. The van der Waals surface area contributed by atoms with E-state index in [9.17, 15) is 14.9 Å². The van der Waals surface area contributed by atoms with Crippen LogP contribution in [0.2, 0.25) is 0 Å². The second-order valence-corrected chi connectivity index (χ2v) is 6.50. The molecule has 2 rings (SSSR count). The van der Waals surface area contributed by atoms with Crippen LogP contribution < -0.4 is 10.1 Å². The third-order valence-corrected chi connectivity index (χ3v) is 4.46. The maximum Gasteiger partial charge on any atom is 0.349 e. The largest absolute Gasteiger partial charge is 0.497 e. The molecule has 0 saturated carbocycles. The van der Waals surface area contributed by atoms with Gasteiger partial charge in [0, 0.05) is 36.8 Å². The van der Waals surface area contributed by atoms with Crippen molar-refractivity contribution >= 4 is 23.6 Å². The molecule has 1 aromatic heterocycles. The number of aryl methyl sites for hydroxylation is 1. The Labute approximate surface area is 175 Å². The van der Waals surface area contributed by atoms with E-state index in [-0.39, 0.29) is 5.57 Å². The number of nitrogens with one attached hydrogen (secondary N) is 1. The molecule has 0 fully saturated rings. The van der Waals surface area contributed by atoms with Gasteiger partial charge in [0.2, 0.25) is 0 Å². The molecule has 8 heteroatoms.